The van der Waals surface area contributed by atoms with E-state index in [1.54, 1.807) is 11.8 Å². The van der Waals surface area contributed by atoms with Gasteiger partial charge in [0.05, 0.1) is 0 Å². The molecule has 5 heteroatoms. The number of halogens is 1. The summed E-state index contributed by atoms with van der Waals surface area (Å²) in [4.78, 5) is 5.29. The van der Waals surface area contributed by atoms with Gasteiger partial charge in [0.25, 0.3) is 0 Å². The SMILES string of the molecule is CSc1oc(-c2ccccc2)nc1P(I)(c1ccccc1)(c1ccccc1)c1ccccc1. The summed E-state index contributed by atoms with van der Waals surface area (Å²) < 4.78 is 3.21. The van der Waals surface area contributed by atoms with Crippen LogP contribution in [-0.4, -0.2) is 11.2 Å². The van der Waals surface area contributed by atoms with E-state index in [4.69, 9.17) is 9.40 Å². The molecule has 0 bridgehead atoms. The summed E-state index contributed by atoms with van der Waals surface area (Å²) in [6.45, 7) is 0. The molecule has 2 nitrogen and oxygen atoms in total. The van der Waals surface area contributed by atoms with Crippen LogP contribution in [0.5, 0.6) is 0 Å². The number of oxazole rings is 1. The van der Waals surface area contributed by atoms with E-state index in [0.717, 1.165) is 16.1 Å². The van der Waals surface area contributed by atoms with Crippen LogP contribution >= 0.6 is 38.0 Å². The molecule has 0 fully saturated rings. The second-order valence-corrected chi connectivity index (χ2v) is 18.3. The number of benzene rings is 4. The van der Waals surface area contributed by atoms with Crippen molar-refractivity contribution in [2.75, 3.05) is 6.26 Å². The zero-order chi connectivity index (χ0) is 22.8. The average Bonchev–Trinajstić information content (AvgIpc) is 3.36. The number of rotatable bonds is 6. The molecule has 0 N–H and O–H groups in total. The van der Waals surface area contributed by atoms with E-state index in [1.165, 1.54) is 15.9 Å². The third-order valence-electron chi connectivity index (χ3n) is 5.91. The van der Waals surface area contributed by atoms with Gasteiger partial charge in [-0.25, -0.2) is 0 Å². The molecule has 5 aromatic rings. The third-order valence-corrected chi connectivity index (χ3v) is 18.0. The number of aromatic nitrogens is 1. The van der Waals surface area contributed by atoms with Crippen molar-refractivity contribution in [3.63, 3.8) is 0 Å². The summed E-state index contributed by atoms with van der Waals surface area (Å²) in [6, 6.07) is 42.6. The molecular formula is C28H23INOPS. The van der Waals surface area contributed by atoms with Crippen molar-refractivity contribution in [1.29, 1.82) is 0 Å². The van der Waals surface area contributed by atoms with E-state index in [1.807, 2.05) is 18.2 Å². The van der Waals surface area contributed by atoms with Crippen LogP contribution in [0.4, 0.5) is 0 Å². The molecule has 0 unspecified atom stereocenters. The Hall–Kier alpha value is -2.40. The molecule has 1 aromatic heterocycles. The van der Waals surface area contributed by atoms with Crippen LogP contribution in [0, 0.1) is 0 Å². The molecule has 1 heterocycles. The van der Waals surface area contributed by atoms with Gasteiger partial charge in [-0.05, 0) is 0 Å². The average molecular weight is 579 g/mol. The molecule has 4 aromatic carbocycles. The Morgan fingerprint density at radius 2 is 1.03 bits per heavy atom. The molecule has 0 saturated heterocycles. The Morgan fingerprint density at radius 3 is 1.42 bits per heavy atom. The van der Waals surface area contributed by atoms with Crippen molar-refractivity contribution in [3.8, 4) is 11.5 Å². The topological polar surface area (TPSA) is 26.0 Å². The van der Waals surface area contributed by atoms with Gasteiger partial charge in [0.1, 0.15) is 0 Å². The first-order valence-corrected chi connectivity index (χ1v) is 16.9. The van der Waals surface area contributed by atoms with Crippen LogP contribution in [0.1, 0.15) is 0 Å². The summed E-state index contributed by atoms with van der Waals surface area (Å²) in [5.41, 5.74) is 1.99. The first-order chi connectivity index (χ1) is 16.2. The number of hydrogen-bond acceptors (Lipinski definition) is 3. The molecule has 0 atom stereocenters. The van der Waals surface area contributed by atoms with Crippen molar-refractivity contribution in [3.05, 3.63) is 121 Å². The molecule has 0 aliphatic carbocycles. The molecule has 0 saturated carbocycles. The molecule has 164 valence electrons. The van der Waals surface area contributed by atoms with Crippen LogP contribution in [0.3, 0.4) is 0 Å². The van der Waals surface area contributed by atoms with E-state index in [2.05, 4.69) is 131 Å². The van der Waals surface area contributed by atoms with Crippen LogP contribution in [0.2, 0.25) is 0 Å². The molecule has 0 spiro atoms. The quantitative estimate of drug-likeness (QED) is 0.129. The number of thioether (sulfide) groups is 1. The predicted octanol–water partition coefficient (Wildman–Crippen LogP) is 6.57. The van der Waals surface area contributed by atoms with E-state index >= 15 is 0 Å². The normalized spacial score (nSPS) is 12.7. The monoisotopic (exact) mass is 579 g/mol. The van der Waals surface area contributed by atoms with E-state index in [-0.39, 0.29) is 0 Å². The van der Waals surface area contributed by atoms with Crippen molar-refractivity contribution >= 4 is 59.4 Å². The van der Waals surface area contributed by atoms with Crippen LogP contribution in [0.15, 0.2) is 131 Å². The minimum atomic E-state index is -3.26. The van der Waals surface area contributed by atoms with Crippen molar-refractivity contribution in [2.45, 2.75) is 5.09 Å². The molecule has 5 rings (SSSR count). The summed E-state index contributed by atoms with van der Waals surface area (Å²) in [7, 11) is 0. The van der Waals surface area contributed by atoms with Gasteiger partial charge in [-0.2, -0.15) is 0 Å². The van der Waals surface area contributed by atoms with Gasteiger partial charge in [-0.3, -0.25) is 0 Å². The van der Waals surface area contributed by atoms with E-state index in [9.17, 15) is 0 Å². The second-order valence-electron chi connectivity index (χ2n) is 7.72. The first kappa shape index (κ1) is 22.4. The minimum absolute atomic E-state index is 0.656. The van der Waals surface area contributed by atoms with Gasteiger partial charge in [-0.1, -0.05) is 0 Å². The third kappa shape index (κ3) is 3.56. The fraction of sp³-hybridized carbons (Fsp3) is 0.0357. The van der Waals surface area contributed by atoms with Crippen molar-refractivity contribution in [1.82, 2.24) is 4.98 Å². The summed E-state index contributed by atoms with van der Waals surface area (Å²) in [6.07, 6.45) is 2.07. The summed E-state index contributed by atoms with van der Waals surface area (Å²) in [5.74, 6) is 0.656. The van der Waals surface area contributed by atoms with Crippen molar-refractivity contribution < 1.29 is 4.42 Å². The van der Waals surface area contributed by atoms with Crippen LogP contribution < -0.4 is 21.3 Å². The Balaban J connectivity index is 1.96. The van der Waals surface area contributed by atoms with Gasteiger partial charge < -0.3 is 0 Å². The zero-order valence-electron chi connectivity index (χ0n) is 18.1. The van der Waals surface area contributed by atoms with Crippen LogP contribution in [0.25, 0.3) is 11.5 Å². The van der Waals surface area contributed by atoms with Gasteiger partial charge in [0.15, 0.2) is 0 Å². The Kier molecular flexibility index (Phi) is 6.17. The molecular weight excluding hydrogens is 556 g/mol. The van der Waals surface area contributed by atoms with E-state index in [0.29, 0.717) is 5.89 Å². The van der Waals surface area contributed by atoms with Gasteiger partial charge in [0.2, 0.25) is 0 Å². The molecule has 33 heavy (non-hydrogen) atoms. The fourth-order valence-electron chi connectivity index (χ4n) is 4.34. The van der Waals surface area contributed by atoms with Gasteiger partial charge in [0, 0.05) is 0 Å². The Labute approximate surface area is 211 Å². The van der Waals surface area contributed by atoms with Crippen molar-refractivity contribution in [2.24, 2.45) is 0 Å². The van der Waals surface area contributed by atoms with Gasteiger partial charge in [-0.15, -0.1) is 0 Å². The molecule has 0 amide bonds. The van der Waals surface area contributed by atoms with E-state index < -0.39 is 4.25 Å². The summed E-state index contributed by atoms with van der Waals surface area (Å²) in [5, 5.41) is 4.62. The number of hydrogen-bond donors (Lipinski definition) is 0. The summed E-state index contributed by atoms with van der Waals surface area (Å²) >= 11 is 4.37. The Morgan fingerprint density at radius 1 is 0.636 bits per heavy atom. The number of nitrogens with zero attached hydrogens (tertiary/aromatic N) is 1. The molecule has 0 aliphatic rings. The molecule has 0 aliphatic heterocycles. The zero-order valence-corrected chi connectivity index (χ0v) is 22.0. The van der Waals surface area contributed by atoms with Crippen LogP contribution in [-0.2, 0) is 0 Å². The first-order valence-electron chi connectivity index (χ1n) is 10.7. The predicted molar refractivity (Wildman–Crippen MR) is 153 cm³/mol. The van der Waals surface area contributed by atoms with Gasteiger partial charge >= 0.3 is 213 Å². The fourth-order valence-corrected chi connectivity index (χ4v) is 14.4. The Bertz CT molecular complexity index is 1260. The molecule has 0 radical (unpaired) electrons. The maximum absolute atomic E-state index is 6.47. The standard InChI is InChI=1S/C28H23INOPS/c1-33-28-27(30-26(31-28)22-14-6-2-7-15-22)32(29,23-16-8-3-9-17-23,24-18-10-4-11-19-24)25-20-12-5-13-21-25/h2-21H,1H3. The maximum atomic E-state index is 6.47. The second kappa shape index (κ2) is 9.09.